The van der Waals surface area contributed by atoms with Crippen LogP contribution in [-0.2, 0) is 0 Å². The molecule has 2 heteroatoms. The number of allylic oxidation sites excluding steroid dienone is 1. The van der Waals surface area contributed by atoms with E-state index in [4.69, 9.17) is 5.73 Å². The summed E-state index contributed by atoms with van der Waals surface area (Å²) in [6.45, 7) is 6.75. The zero-order valence-electron chi connectivity index (χ0n) is 9.68. The molecule has 14 heavy (non-hydrogen) atoms. The van der Waals surface area contributed by atoms with Crippen LogP contribution in [0.5, 0.6) is 0 Å². The third-order valence-corrected chi connectivity index (χ3v) is 3.89. The summed E-state index contributed by atoms with van der Waals surface area (Å²) in [4.78, 5) is 0. The van der Waals surface area contributed by atoms with Gasteiger partial charge < -0.3 is 5.73 Å². The molecule has 1 nitrogen and oxygen atoms in total. The summed E-state index contributed by atoms with van der Waals surface area (Å²) < 4.78 is 0.340. The van der Waals surface area contributed by atoms with Crippen LogP contribution in [-0.4, -0.2) is 16.5 Å². The quantitative estimate of drug-likeness (QED) is 0.728. The van der Waals surface area contributed by atoms with E-state index in [2.05, 4.69) is 26.8 Å². The third kappa shape index (κ3) is 4.52. The van der Waals surface area contributed by atoms with E-state index in [1.54, 1.807) is 0 Å². The van der Waals surface area contributed by atoms with Gasteiger partial charge in [-0.1, -0.05) is 32.4 Å². The zero-order chi connectivity index (χ0) is 10.6. The lowest BCUT2D eigenvalue weighted by molar-refractivity contribution is 0.655. The molecule has 1 rings (SSSR count). The van der Waals surface area contributed by atoms with E-state index in [-0.39, 0.29) is 0 Å². The second-order valence-corrected chi connectivity index (χ2v) is 6.90. The summed E-state index contributed by atoms with van der Waals surface area (Å²) in [6, 6.07) is 0.291. The monoisotopic (exact) mass is 213 g/mol. The molecule has 0 saturated carbocycles. The molecule has 1 atom stereocenters. The van der Waals surface area contributed by atoms with Gasteiger partial charge >= 0.3 is 0 Å². The summed E-state index contributed by atoms with van der Waals surface area (Å²) in [7, 11) is 0. The van der Waals surface area contributed by atoms with Crippen LogP contribution in [0.15, 0.2) is 11.6 Å². The Morgan fingerprint density at radius 3 is 2.64 bits per heavy atom. The van der Waals surface area contributed by atoms with E-state index in [0.717, 1.165) is 5.75 Å². The lowest BCUT2D eigenvalue weighted by atomic mass is 9.95. The lowest BCUT2D eigenvalue weighted by Gasteiger charge is -2.23. The van der Waals surface area contributed by atoms with Gasteiger partial charge in [-0.25, -0.2) is 0 Å². The average molecular weight is 213 g/mol. The van der Waals surface area contributed by atoms with E-state index in [1.165, 1.54) is 31.3 Å². The van der Waals surface area contributed by atoms with Crippen LogP contribution in [0.1, 0.15) is 46.5 Å². The van der Waals surface area contributed by atoms with Gasteiger partial charge in [0.15, 0.2) is 0 Å². The minimum atomic E-state index is 0.291. The fourth-order valence-corrected chi connectivity index (χ4v) is 2.54. The van der Waals surface area contributed by atoms with Gasteiger partial charge in [0.05, 0.1) is 0 Å². The Morgan fingerprint density at radius 1 is 1.43 bits per heavy atom. The molecular weight excluding hydrogens is 190 g/mol. The number of hydrogen-bond acceptors (Lipinski definition) is 2. The van der Waals surface area contributed by atoms with Crippen molar-refractivity contribution in [1.29, 1.82) is 0 Å². The maximum absolute atomic E-state index is 6.17. The number of nitrogens with two attached hydrogens (primary N) is 1. The summed E-state index contributed by atoms with van der Waals surface area (Å²) in [5.41, 5.74) is 7.66. The van der Waals surface area contributed by atoms with Gasteiger partial charge in [0, 0.05) is 16.5 Å². The van der Waals surface area contributed by atoms with Gasteiger partial charge in [0.1, 0.15) is 0 Å². The maximum atomic E-state index is 6.17. The largest absolute Gasteiger partial charge is 0.324 e. The van der Waals surface area contributed by atoms with Crippen LogP contribution in [0.25, 0.3) is 0 Å². The van der Waals surface area contributed by atoms with Crippen molar-refractivity contribution in [2.75, 3.05) is 5.75 Å². The topological polar surface area (TPSA) is 26.0 Å². The average Bonchev–Trinajstić information content (AvgIpc) is 2.14. The molecule has 0 bridgehead atoms. The first-order valence-corrected chi connectivity index (χ1v) is 6.56. The summed E-state index contributed by atoms with van der Waals surface area (Å²) >= 11 is 1.97. The molecule has 0 fully saturated rings. The van der Waals surface area contributed by atoms with Crippen LogP contribution in [0, 0.1) is 0 Å². The Hall–Kier alpha value is 0.0500. The molecular formula is C12H23NS. The van der Waals surface area contributed by atoms with Crippen molar-refractivity contribution in [3.05, 3.63) is 11.6 Å². The van der Waals surface area contributed by atoms with Crippen LogP contribution in [0.4, 0.5) is 0 Å². The molecule has 0 heterocycles. The maximum Gasteiger partial charge on any atom is 0.0345 e. The van der Waals surface area contributed by atoms with Crippen molar-refractivity contribution >= 4 is 11.8 Å². The van der Waals surface area contributed by atoms with Crippen molar-refractivity contribution in [3.63, 3.8) is 0 Å². The predicted molar refractivity (Wildman–Crippen MR) is 66.7 cm³/mol. The Balaban J connectivity index is 2.34. The molecule has 0 aliphatic heterocycles. The molecule has 1 aliphatic carbocycles. The summed E-state index contributed by atoms with van der Waals surface area (Å²) in [5.74, 6) is 1.06. The van der Waals surface area contributed by atoms with Crippen molar-refractivity contribution < 1.29 is 0 Å². The molecule has 2 N–H and O–H groups in total. The zero-order valence-corrected chi connectivity index (χ0v) is 10.5. The highest BCUT2D eigenvalue weighted by Crippen LogP contribution is 2.27. The first-order chi connectivity index (χ1) is 6.49. The Labute approximate surface area is 92.5 Å². The van der Waals surface area contributed by atoms with Gasteiger partial charge in [-0.3, -0.25) is 0 Å². The minimum Gasteiger partial charge on any atom is -0.324 e. The number of thioether (sulfide) groups is 1. The van der Waals surface area contributed by atoms with Gasteiger partial charge in [0.25, 0.3) is 0 Å². The van der Waals surface area contributed by atoms with Crippen molar-refractivity contribution in [2.45, 2.75) is 57.2 Å². The molecule has 0 amide bonds. The second kappa shape index (κ2) is 5.22. The van der Waals surface area contributed by atoms with Crippen LogP contribution >= 0.6 is 11.8 Å². The highest BCUT2D eigenvalue weighted by atomic mass is 32.2. The molecule has 1 unspecified atom stereocenters. The molecule has 1 aliphatic rings. The van der Waals surface area contributed by atoms with E-state index < -0.39 is 0 Å². The van der Waals surface area contributed by atoms with Crippen molar-refractivity contribution in [1.82, 2.24) is 0 Å². The highest BCUT2D eigenvalue weighted by molar-refractivity contribution is 8.00. The highest BCUT2D eigenvalue weighted by Gasteiger charge is 2.16. The molecule has 0 radical (unpaired) electrons. The van der Waals surface area contributed by atoms with Gasteiger partial charge in [-0.05, 0) is 25.7 Å². The SMILES string of the molecule is CC(C)(C)SCC(N)C1=CCCCC1. The number of hydrogen-bond donors (Lipinski definition) is 1. The fraction of sp³-hybridized carbons (Fsp3) is 0.833. The smallest absolute Gasteiger partial charge is 0.0345 e. The van der Waals surface area contributed by atoms with Gasteiger partial charge in [0.2, 0.25) is 0 Å². The predicted octanol–water partition coefficient (Wildman–Crippen LogP) is 3.35. The van der Waals surface area contributed by atoms with Crippen LogP contribution < -0.4 is 5.73 Å². The molecule has 82 valence electrons. The first kappa shape index (κ1) is 12.1. The van der Waals surface area contributed by atoms with E-state index in [9.17, 15) is 0 Å². The first-order valence-electron chi connectivity index (χ1n) is 5.57. The Morgan fingerprint density at radius 2 is 2.14 bits per heavy atom. The molecule has 0 aromatic rings. The molecule has 0 aromatic carbocycles. The Bertz CT molecular complexity index is 203. The van der Waals surface area contributed by atoms with E-state index >= 15 is 0 Å². The van der Waals surface area contributed by atoms with Crippen LogP contribution in [0.2, 0.25) is 0 Å². The second-order valence-electron chi connectivity index (χ2n) is 5.05. The number of rotatable bonds is 3. The molecule has 0 spiro atoms. The normalized spacial score (nSPS) is 20.4. The molecule has 0 saturated heterocycles. The van der Waals surface area contributed by atoms with Crippen LogP contribution in [0.3, 0.4) is 0 Å². The van der Waals surface area contributed by atoms with E-state index in [1.807, 2.05) is 11.8 Å². The fourth-order valence-electron chi connectivity index (χ4n) is 1.65. The van der Waals surface area contributed by atoms with Crippen molar-refractivity contribution in [3.8, 4) is 0 Å². The van der Waals surface area contributed by atoms with E-state index in [0.29, 0.717) is 10.8 Å². The summed E-state index contributed by atoms with van der Waals surface area (Å²) in [5, 5.41) is 0. The molecule has 0 aromatic heterocycles. The summed E-state index contributed by atoms with van der Waals surface area (Å²) in [6.07, 6.45) is 7.51. The third-order valence-electron chi connectivity index (χ3n) is 2.50. The lowest BCUT2D eigenvalue weighted by Crippen LogP contribution is -2.28. The van der Waals surface area contributed by atoms with Gasteiger partial charge in [-0.2, -0.15) is 11.8 Å². The van der Waals surface area contributed by atoms with Crippen molar-refractivity contribution in [2.24, 2.45) is 5.73 Å². The standard InChI is InChI=1S/C12H23NS/c1-12(2,3)14-9-11(13)10-7-5-4-6-8-10/h7,11H,4-6,8-9,13H2,1-3H3. The Kier molecular flexibility index (Phi) is 4.52. The minimum absolute atomic E-state index is 0.291. The van der Waals surface area contributed by atoms with Gasteiger partial charge in [-0.15, -0.1) is 0 Å².